The van der Waals surface area contributed by atoms with Crippen molar-refractivity contribution in [3.8, 4) is 23.1 Å². The molecule has 0 saturated heterocycles. The number of anilines is 2. The van der Waals surface area contributed by atoms with Gasteiger partial charge in [0, 0.05) is 24.2 Å². The van der Waals surface area contributed by atoms with Crippen molar-refractivity contribution in [3.63, 3.8) is 0 Å². The van der Waals surface area contributed by atoms with Crippen LogP contribution in [0, 0.1) is 11.3 Å². The molecule has 3 heterocycles. The van der Waals surface area contributed by atoms with Gasteiger partial charge in [-0.15, -0.1) is 11.3 Å². The van der Waals surface area contributed by atoms with E-state index in [0.29, 0.717) is 11.7 Å². The summed E-state index contributed by atoms with van der Waals surface area (Å²) in [6.07, 6.45) is 3.06. The molecule has 1 aliphatic heterocycles. The van der Waals surface area contributed by atoms with Crippen molar-refractivity contribution in [1.29, 1.82) is 5.26 Å². The maximum atomic E-state index is 12.3. The lowest BCUT2D eigenvalue weighted by Crippen LogP contribution is -2.33. The highest BCUT2D eigenvalue weighted by Gasteiger charge is 2.46. The molecular formula is C22H21N7O3S. The Balaban J connectivity index is 1.17. The lowest BCUT2D eigenvalue weighted by molar-refractivity contribution is -0.115. The van der Waals surface area contributed by atoms with Crippen LogP contribution in [0.3, 0.4) is 0 Å². The molecule has 11 heteroatoms. The third-order valence-corrected chi connectivity index (χ3v) is 6.46. The Kier molecular flexibility index (Phi) is 5.22. The van der Waals surface area contributed by atoms with Gasteiger partial charge in [0.2, 0.25) is 5.91 Å². The van der Waals surface area contributed by atoms with Gasteiger partial charge < -0.3 is 20.3 Å². The van der Waals surface area contributed by atoms with E-state index in [1.165, 1.54) is 16.0 Å². The van der Waals surface area contributed by atoms with E-state index in [1.807, 2.05) is 30.6 Å². The molecule has 0 spiro atoms. The Morgan fingerprint density at radius 1 is 1.33 bits per heavy atom. The number of hydrogen-bond donors (Lipinski definition) is 2. The Hall–Kier alpha value is -3.91. The summed E-state index contributed by atoms with van der Waals surface area (Å²) in [5.74, 6) is -0.0208. The van der Waals surface area contributed by atoms with Crippen LogP contribution in [0.5, 0.6) is 5.75 Å². The summed E-state index contributed by atoms with van der Waals surface area (Å²) in [6.45, 7) is 1.26. The summed E-state index contributed by atoms with van der Waals surface area (Å²) in [5, 5.41) is 21.0. The largest absolute Gasteiger partial charge is 0.490 e. The highest BCUT2D eigenvalue weighted by atomic mass is 32.1. The molecule has 2 aromatic heterocycles. The molecule has 3 aromatic rings. The highest BCUT2D eigenvalue weighted by Crippen LogP contribution is 2.42. The van der Waals surface area contributed by atoms with Gasteiger partial charge in [-0.25, -0.2) is 4.98 Å². The zero-order valence-corrected chi connectivity index (χ0v) is 18.7. The molecule has 168 valence electrons. The Bertz CT molecular complexity index is 1270. The van der Waals surface area contributed by atoms with E-state index in [0.717, 1.165) is 42.1 Å². The molecule has 10 nitrogen and oxygen atoms in total. The minimum atomic E-state index is -0.626. The highest BCUT2D eigenvalue weighted by molar-refractivity contribution is 7.14. The maximum absolute atomic E-state index is 12.3. The van der Waals surface area contributed by atoms with Crippen molar-refractivity contribution in [2.75, 3.05) is 37.0 Å². The molecule has 0 bridgehead atoms. The minimum Gasteiger partial charge on any atom is -0.490 e. The first kappa shape index (κ1) is 21.0. The normalized spacial score (nSPS) is 15.7. The van der Waals surface area contributed by atoms with Gasteiger partial charge in [0.25, 0.3) is 5.91 Å². The van der Waals surface area contributed by atoms with Gasteiger partial charge in [0.15, 0.2) is 5.13 Å². The molecule has 1 aliphatic carbocycles. The van der Waals surface area contributed by atoms with Gasteiger partial charge >= 0.3 is 0 Å². The number of nitrogens with one attached hydrogen (secondary N) is 2. The number of ether oxygens (including phenoxy) is 1. The number of likely N-dealkylation sites (N-methyl/N-ethyl adjacent to an activating group) is 1. The number of carbonyl (C=O) groups is 2. The average molecular weight is 464 g/mol. The number of benzene rings is 1. The van der Waals surface area contributed by atoms with Gasteiger partial charge in [-0.1, -0.05) is 0 Å². The van der Waals surface area contributed by atoms with Gasteiger partial charge in [-0.05, 0) is 37.1 Å². The molecule has 1 aromatic carbocycles. The van der Waals surface area contributed by atoms with Crippen molar-refractivity contribution in [1.82, 2.24) is 20.1 Å². The molecule has 0 atom stereocenters. The topological polar surface area (TPSA) is 125 Å². The van der Waals surface area contributed by atoms with Gasteiger partial charge in [0.05, 0.1) is 30.5 Å². The number of nitrogens with zero attached hydrogens (tertiary/aromatic N) is 5. The molecule has 0 radical (unpaired) electrons. The Morgan fingerprint density at radius 2 is 2.18 bits per heavy atom. The van der Waals surface area contributed by atoms with Crippen LogP contribution in [0.25, 0.3) is 11.3 Å². The molecule has 2 amide bonds. The van der Waals surface area contributed by atoms with Crippen LogP contribution in [-0.4, -0.2) is 53.3 Å². The molecule has 2 N–H and O–H groups in total. The average Bonchev–Trinajstić information content (AvgIpc) is 3.22. The van der Waals surface area contributed by atoms with Gasteiger partial charge in [-0.2, -0.15) is 10.4 Å². The summed E-state index contributed by atoms with van der Waals surface area (Å²) >= 11 is 1.31. The number of hydrogen-bond acceptors (Lipinski definition) is 8. The molecular weight excluding hydrogens is 442 g/mol. The molecule has 0 unspecified atom stereocenters. The predicted octanol–water partition coefficient (Wildman–Crippen LogP) is 2.22. The summed E-state index contributed by atoms with van der Waals surface area (Å²) in [5.41, 5.74) is 2.22. The molecule has 1 fully saturated rings. The van der Waals surface area contributed by atoms with E-state index in [9.17, 15) is 14.9 Å². The number of thiazole rings is 1. The van der Waals surface area contributed by atoms with Crippen LogP contribution < -0.4 is 20.3 Å². The van der Waals surface area contributed by atoms with Crippen LogP contribution in [0.2, 0.25) is 0 Å². The van der Waals surface area contributed by atoms with Crippen molar-refractivity contribution in [2.24, 2.45) is 0 Å². The fourth-order valence-corrected chi connectivity index (χ4v) is 4.32. The Morgan fingerprint density at radius 3 is 2.97 bits per heavy atom. The van der Waals surface area contributed by atoms with E-state index in [1.54, 1.807) is 12.3 Å². The van der Waals surface area contributed by atoms with Crippen LogP contribution >= 0.6 is 11.3 Å². The first-order valence-electron chi connectivity index (χ1n) is 10.5. The smallest absolute Gasteiger partial charge is 0.272 e. The van der Waals surface area contributed by atoms with Crippen LogP contribution in [-0.2, 0) is 10.3 Å². The molecule has 33 heavy (non-hydrogen) atoms. The molecule has 1 saturated carbocycles. The van der Waals surface area contributed by atoms with E-state index in [-0.39, 0.29) is 12.2 Å². The monoisotopic (exact) mass is 463 g/mol. The van der Waals surface area contributed by atoms with E-state index >= 15 is 0 Å². The fourth-order valence-electron chi connectivity index (χ4n) is 3.58. The summed E-state index contributed by atoms with van der Waals surface area (Å²) < 4.78 is 7.19. The second-order valence-corrected chi connectivity index (χ2v) is 8.87. The van der Waals surface area contributed by atoms with Crippen molar-refractivity contribution < 1.29 is 14.3 Å². The van der Waals surface area contributed by atoms with Crippen LogP contribution in [0.1, 0.15) is 23.3 Å². The number of amides is 2. The quantitative estimate of drug-likeness (QED) is 0.574. The summed E-state index contributed by atoms with van der Waals surface area (Å²) in [6, 6.07) is 9.65. The molecule has 2 aliphatic rings. The van der Waals surface area contributed by atoms with Crippen molar-refractivity contribution in [2.45, 2.75) is 18.4 Å². The van der Waals surface area contributed by atoms with Gasteiger partial charge in [-0.3, -0.25) is 14.3 Å². The van der Waals surface area contributed by atoms with Gasteiger partial charge in [0.1, 0.15) is 23.6 Å². The Labute approximate surface area is 193 Å². The third kappa shape index (κ3) is 4.12. The lowest BCUT2D eigenvalue weighted by Gasteiger charge is -2.27. The first-order valence-corrected chi connectivity index (χ1v) is 11.3. The fraction of sp³-hybridized carbons (Fsp3) is 0.318. The lowest BCUT2D eigenvalue weighted by atomic mass is 10.1. The second kappa shape index (κ2) is 8.22. The first-order chi connectivity index (χ1) is 16.0. The maximum Gasteiger partial charge on any atom is 0.272 e. The third-order valence-electron chi connectivity index (χ3n) is 5.70. The second-order valence-electron chi connectivity index (χ2n) is 8.01. The SMILES string of the molecule is CN1CCOc2ccc(-c3csc(NC(=O)CNC(=O)c4ccn(C5(C#N)CC5)n4)n3)cc21. The van der Waals surface area contributed by atoms with E-state index < -0.39 is 17.4 Å². The zero-order valence-electron chi connectivity index (χ0n) is 17.9. The predicted molar refractivity (Wildman–Crippen MR) is 122 cm³/mol. The zero-order chi connectivity index (χ0) is 23.0. The number of rotatable bonds is 6. The standard InChI is InChI=1S/C22H21N7O3S/c1-28-8-9-32-18-3-2-14(10-17(18)28)16-12-33-21(25-16)26-19(30)11-24-20(31)15-4-7-29(27-15)22(13-23)5-6-22/h2-4,7,10,12H,5-6,8-9,11H2,1H3,(H,24,31)(H,25,26,30). The summed E-state index contributed by atoms with van der Waals surface area (Å²) in [4.78, 5) is 31.2. The van der Waals surface area contributed by atoms with E-state index in [4.69, 9.17) is 4.74 Å². The van der Waals surface area contributed by atoms with Crippen LogP contribution in [0.4, 0.5) is 10.8 Å². The number of fused-ring (bicyclic) bond motifs is 1. The van der Waals surface area contributed by atoms with Crippen molar-refractivity contribution >= 4 is 34.0 Å². The van der Waals surface area contributed by atoms with Crippen molar-refractivity contribution in [3.05, 3.63) is 41.5 Å². The summed E-state index contributed by atoms with van der Waals surface area (Å²) in [7, 11) is 2.02. The number of aromatic nitrogens is 3. The number of carbonyl (C=O) groups excluding carboxylic acids is 2. The van der Waals surface area contributed by atoms with Crippen LogP contribution in [0.15, 0.2) is 35.8 Å². The number of nitriles is 1. The minimum absolute atomic E-state index is 0.169. The molecule has 5 rings (SSSR count). The van der Waals surface area contributed by atoms with E-state index in [2.05, 4.69) is 31.7 Å².